The van der Waals surface area contributed by atoms with Crippen LogP contribution >= 0.6 is 0 Å². The van der Waals surface area contributed by atoms with Crippen molar-refractivity contribution in [2.24, 2.45) is 17.8 Å². The largest absolute Gasteiger partial charge is 0.391 e. The monoisotopic (exact) mass is 445 g/mol. The van der Waals surface area contributed by atoms with Gasteiger partial charge in [-0.1, -0.05) is 6.92 Å². The first kappa shape index (κ1) is 23.3. The van der Waals surface area contributed by atoms with Crippen LogP contribution in [-0.4, -0.2) is 73.0 Å². The first-order valence-corrected chi connectivity index (χ1v) is 12.1. The van der Waals surface area contributed by atoms with Crippen molar-refractivity contribution < 1.29 is 18.0 Å². The second-order valence-corrected chi connectivity index (χ2v) is 10.1. The molecule has 3 N–H and O–H groups in total. The zero-order valence-electron chi connectivity index (χ0n) is 18.8. The molecule has 31 heavy (non-hydrogen) atoms. The van der Waals surface area contributed by atoms with Crippen LogP contribution in [0.15, 0.2) is 0 Å². The van der Waals surface area contributed by atoms with Crippen molar-refractivity contribution in [3.05, 3.63) is 0 Å². The summed E-state index contributed by atoms with van der Waals surface area (Å²) < 4.78 is 39.1. The number of halogens is 3. The number of hydrazine groups is 1. The van der Waals surface area contributed by atoms with Gasteiger partial charge in [0.1, 0.15) is 0 Å². The SMILES string of the molecule is CCC(=O)N1CCC2C(C1)NC(CC1CCC(C(F)(F)F)CC1)NC2C1CCN(C)N1. The van der Waals surface area contributed by atoms with Crippen molar-refractivity contribution in [3.8, 4) is 0 Å². The maximum absolute atomic E-state index is 13.0. The summed E-state index contributed by atoms with van der Waals surface area (Å²) in [5.41, 5.74) is 3.59. The Morgan fingerprint density at radius 1 is 1.00 bits per heavy atom. The predicted octanol–water partition coefficient (Wildman–Crippen LogP) is 2.47. The third kappa shape index (κ3) is 5.37. The molecule has 5 unspecified atom stereocenters. The number of hydrogen-bond donors (Lipinski definition) is 3. The number of hydrogen-bond acceptors (Lipinski definition) is 5. The van der Waals surface area contributed by atoms with E-state index in [4.69, 9.17) is 0 Å². The summed E-state index contributed by atoms with van der Waals surface area (Å²) in [6.45, 7) is 4.46. The Bertz CT molecular complexity index is 625. The minimum absolute atomic E-state index is 0.0862. The van der Waals surface area contributed by atoms with Crippen molar-refractivity contribution in [1.29, 1.82) is 0 Å². The molecule has 9 heteroatoms. The Labute approximate surface area is 183 Å². The van der Waals surface area contributed by atoms with Gasteiger partial charge in [0.2, 0.25) is 5.91 Å². The minimum atomic E-state index is -4.05. The molecular weight excluding hydrogens is 407 g/mol. The molecule has 0 aromatic carbocycles. The Morgan fingerprint density at radius 3 is 2.35 bits per heavy atom. The lowest BCUT2D eigenvalue weighted by Gasteiger charge is -2.51. The fraction of sp³-hybridized carbons (Fsp3) is 0.955. The molecule has 1 saturated carbocycles. The van der Waals surface area contributed by atoms with Gasteiger partial charge in [-0.25, -0.2) is 5.01 Å². The van der Waals surface area contributed by atoms with Crippen LogP contribution in [0.1, 0.15) is 58.3 Å². The second-order valence-electron chi connectivity index (χ2n) is 10.1. The number of carbonyl (C=O) groups is 1. The molecule has 4 rings (SSSR count). The summed E-state index contributed by atoms with van der Waals surface area (Å²) in [6.07, 6.45) is 1.28. The Hall–Kier alpha value is -0.900. The van der Waals surface area contributed by atoms with E-state index in [0.717, 1.165) is 38.9 Å². The molecule has 3 aliphatic heterocycles. The number of alkyl halides is 3. The molecule has 1 amide bonds. The van der Waals surface area contributed by atoms with E-state index in [2.05, 4.69) is 28.1 Å². The number of nitrogens with zero attached hydrogens (tertiary/aromatic N) is 2. The van der Waals surface area contributed by atoms with Crippen molar-refractivity contribution in [2.45, 2.75) is 88.8 Å². The quantitative estimate of drug-likeness (QED) is 0.621. The van der Waals surface area contributed by atoms with Crippen LogP contribution in [0.4, 0.5) is 13.2 Å². The molecule has 5 atom stereocenters. The molecule has 0 spiro atoms. The molecule has 3 saturated heterocycles. The average molecular weight is 446 g/mol. The molecule has 0 radical (unpaired) electrons. The zero-order chi connectivity index (χ0) is 22.2. The minimum Gasteiger partial charge on any atom is -0.341 e. The maximum atomic E-state index is 13.0. The lowest BCUT2D eigenvalue weighted by molar-refractivity contribution is -0.184. The summed E-state index contributed by atoms with van der Waals surface area (Å²) in [5.74, 6) is -0.159. The van der Waals surface area contributed by atoms with Crippen molar-refractivity contribution in [1.82, 2.24) is 26.0 Å². The smallest absolute Gasteiger partial charge is 0.341 e. The van der Waals surface area contributed by atoms with E-state index in [1.165, 1.54) is 0 Å². The first-order valence-electron chi connectivity index (χ1n) is 12.1. The third-order valence-corrected chi connectivity index (χ3v) is 8.07. The Morgan fingerprint density at radius 2 is 1.74 bits per heavy atom. The second kappa shape index (κ2) is 9.53. The van der Waals surface area contributed by atoms with E-state index in [1.54, 1.807) is 0 Å². The first-order chi connectivity index (χ1) is 14.7. The van der Waals surface area contributed by atoms with Crippen LogP contribution in [0, 0.1) is 17.8 Å². The van der Waals surface area contributed by atoms with E-state index in [9.17, 15) is 18.0 Å². The number of fused-ring (bicyclic) bond motifs is 1. The van der Waals surface area contributed by atoms with Crippen LogP contribution in [0.5, 0.6) is 0 Å². The summed E-state index contributed by atoms with van der Waals surface area (Å²) in [4.78, 5) is 14.3. The van der Waals surface area contributed by atoms with Crippen LogP contribution in [0.2, 0.25) is 0 Å². The van der Waals surface area contributed by atoms with Crippen LogP contribution < -0.4 is 16.1 Å². The van der Waals surface area contributed by atoms with Crippen molar-refractivity contribution >= 4 is 5.91 Å². The lowest BCUT2D eigenvalue weighted by Crippen LogP contribution is -2.71. The lowest BCUT2D eigenvalue weighted by atomic mass is 9.76. The zero-order valence-corrected chi connectivity index (χ0v) is 18.8. The van der Waals surface area contributed by atoms with E-state index < -0.39 is 12.1 Å². The van der Waals surface area contributed by atoms with Gasteiger partial charge < -0.3 is 4.90 Å². The van der Waals surface area contributed by atoms with Crippen molar-refractivity contribution in [2.75, 3.05) is 26.7 Å². The highest BCUT2D eigenvalue weighted by atomic mass is 19.4. The van der Waals surface area contributed by atoms with Gasteiger partial charge in [-0.2, -0.15) is 13.2 Å². The molecule has 0 bridgehead atoms. The van der Waals surface area contributed by atoms with Gasteiger partial charge in [-0.05, 0) is 56.8 Å². The predicted molar refractivity (Wildman–Crippen MR) is 113 cm³/mol. The van der Waals surface area contributed by atoms with Gasteiger partial charge in [0.25, 0.3) is 0 Å². The van der Waals surface area contributed by atoms with Gasteiger partial charge in [-0.3, -0.25) is 20.9 Å². The molecule has 4 aliphatic rings. The van der Waals surface area contributed by atoms with E-state index in [1.807, 2.05) is 11.8 Å². The fourth-order valence-corrected chi connectivity index (χ4v) is 6.30. The van der Waals surface area contributed by atoms with Gasteiger partial charge in [0.05, 0.1) is 12.1 Å². The number of amides is 1. The van der Waals surface area contributed by atoms with Gasteiger partial charge >= 0.3 is 6.18 Å². The molecule has 0 aromatic rings. The molecular formula is C22H38F3N5O. The molecule has 6 nitrogen and oxygen atoms in total. The summed E-state index contributed by atoms with van der Waals surface area (Å²) in [6, 6.07) is 0.905. The number of piperidine rings is 1. The highest BCUT2D eigenvalue weighted by Gasteiger charge is 2.46. The number of rotatable bonds is 4. The molecule has 0 aromatic heterocycles. The van der Waals surface area contributed by atoms with Gasteiger partial charge in [0, 0.05) is 51.2 Å². The highest BCUT2D eigenvalue weighted by molar-refractivity contribution is 5.76. The standard InChI is InChI=1S/C22H38F3N5O/c1-3-20(31)30-11-8-16-18(13-30)26-19(27-21(16)17-9-10-29(2)28-17)12-14-4-6-15(7-5-14)22(23,24)25/h14-19,21,26-28H,3-13H2,1-2H3. The Kier molecular flexibility index (Phi) is 7.15. The summed E-state index contributed by atoms with van der Waals surface area (Å²) in [7, 11) is 2.07. The normalized spacial score (nSPS) is 40.0. The topological polar surface area (TPSA) is 59.6 Å². The number of likely N-dealkylation sites (tertiary alicyclic amines) is 1. The highest BCUT2D eigenvalue weighted by Crippen LogP contribution is 2.41. The van der Waals surface area contributed by atoms with Crippen molar-refractivity contribution in [3.63, 3.8) is 0 Å². The van der Waals surface area contributed by atoms with Crippen LogP contribution in [0.25, 0.3) is 0 Å². The number of carbonyl (C=O) groups excluding carboxylic acids is 1. The fourth-order valence-electron chi connectivity index (χ4n) is 6.30. The van der Waals surface area contributed by atoms with E-state index in [-0.39, 0.29) is 31.0 Å². The van der Waals surface area contributed by atoms with Gasteiger partial charge in [0.15, 0.2) is 0 Å². The Balaban J connectivity index is 1.40. The maximum Gasteiger partial charge on any atom is 0.391 e. The van der Waals surface area contributed by atoms with Crippen LogP contribution in [-0.2, 0) is 4.79 Å². The molecule has 178 valence electrons. The molecule has 1 aliphatic carbocycles. The van der Waals surface area contributed by atoms with Gasteiger partial charge in [-0.15, -0.1) is 0 Å². The van der Waals surface area contributed by atoms with E-state index >= 15 is 0 Å². The summed E-state index contributed by atoms with van der Waals surface area (Å²) >= 11 is 0. The van der Waals surface area contributed by atoms with E-state index in [0.29, 0.717) is 43.2 Å². The molecule has 4 fully saturated rings. The average Bonchev–Trinajstić information content (AvgIpc) is 3.18. The molecule has 3 heterocycles. The summed E-state index contributed by atoms with van der Waals surface area (Å²) in [5, 5.41) is 9.73. The van der Waals surface area contributed by atoms with Crippen LogP contribution in [0.3, 0.4) is 0 Å². The number of nitrogens with one attached hydrogen (secondary N) is 3. The third-order valence-electron chi connectivity index (χ3n) is 8.07.